The number of hydrogen-bond acceptors (Lipinski definition) is 4. The molecule has 3 amide bonds. The molecule has 2 aliphatic heterocycles. The van der Waals surface area contributed by atoms with Gasteiger partial charge >= 0.3 is 0 Å². The van der Waals surface area contributed by atoms with Crippen LogP contribution in [0, 0.1) is 17.7 Å². The van der Waals surface area contributed by atoms with Gasteiger partial charge in [-0.1, -0.05) is 11.8 Å². The van der Waals surface area contributed by atoms with E-state index in [2.05, 4.69) is 17.2 Å². The fourth-order valence-electron chi connectivity index (χ4n) is 3.18. The van der Waals surface area contributed by atoms with Crippen LogP contribution >= 0.6 is 0 Å². The second kappa shape index (κ2) is 7.48. The van der Waals surface area contributed by atoms with E-state index in [-0.39, 0.29) is 30.9 Å². The third-order valence-electron chi connectivity index (χ3n) is 4.50. The second-order valence-corrected chi connectivity index (χ2v) is 6.21. The molecule has 2 heterocycles. The maximum Gasteiger partial charge on any atom is 0.258 e. The molecule has 2 aliphatic rings. The molecule has 1 atom stereocenters. The number of hydrogen-bond donors (Lipinski definition) is 1. The Morgan fingerprint density at radius 3 is 2.85 bits per heavy atom. The van der Waals surface area contributed by atoms with E-state index < -0.39 is 23.7 Å². The molecule has 0 spiro atoms. The summed E-state index contributed by atoms with van der Waals surface area (Å²) < 4.78 is 14.2. The lowest BCUT2D eigenvalue weighted by molar-refractivity contribution is -0.136. The van der Waals surface area contributed by atoms with E-state index in [9.17, 15) is 23.6 Å². The maximum absolute atomic E-state index is 14.2. The van der Waals surface area contributed by atoms with Crippen LogP contribution in [0.3, 0.4) is 0 Å². The fraction of sp³-hybridized carbons (Fsp3) is 0.368. The molecule has 7 heteroatoms. The number of aldehydes is 1. The minimum Gasteiger partial charge on any atom is -0.322 e. The highest BCUT2D eigenvalue weighted by molar-refractivity contribution is 6.05. The van der Waals surface area contributed by atoms with Crippen molar-refractivity contribution < 1.29 is 23.6 Å². The first-order valence-corrected chi connectivity index (χ1v) is 8.41. The van der Waals surface area contributed by atoms with E-state index in [4.69, 9.17) is 0 Å². The Hall–Kier alpha value is -3.01. The zero-order valence-electron chi connectivity index (χ0n) is 14.0. The van der Waals surface area contributed by atoms with Gasteiger partial charge < -0.3 is 9.69 Å². The van der Waals surface area contributed by atoms with Gasteiger partial charge in [-0.25, -0.2) is 4.39 Å². The van der Waals surface area contributed by atoms with Gasteiger partial charge in [-0.05, 0) is 25.0 Å². The summed E-state index contributed by atoms with van der Waals surface area (Å²) in [4.78, 5) is 47.6. The van der Waals surface area contributed by atoms with Gasteiger partial charge in [-0.15, -0.1) is 0 Å². The summed E-state index contributed by atoms with van der Waals surface area (Å²) >= 11 is 0. The maximum atomic E-state index is 14.2. The van der Waals surface area contributed by atoms with Gasteiger partial charge in [-0.2, -0.15) is 0 Å². The molecule has 134 valence electrons. The highest BCUT2D eigenvalue weighted by Gasteiger charge is 2.41. The zero-order chi connectivity index (χ0) is 18.7. The number of rotatable bonds is 4. The van der Waals surface area contributed by atoms with Crippen molar-refractivity contribution in [2.75, 3.05) is 0 Å². The standard InChI is InChI=1S/C19H17FN2O4/c20-14-7-6-12(5-3-1-2-4-10-23)13-11-22(19(26)17(13)14)15-8-9-16(24)21-18(15)25/h6-7,10,15H,1-2,4,8-9,11H2,(H,21,24,25). The number of piperidine rings is 1. The van der Waals surface area contributed by atoms with Crippen LogP contribution in [-0.4, -0.2) is 34.9 Å². The van der Waals surface area contributed by atoms with Gasteiger partial charge in [0.1, 0.15) is 18.1 Å². The first-order valence-electron chi connectivity index (χ1n) is 8.41. The number of halogens is 1. The SMILES string of the molecule is O=CCCCC#Cc1ccc(F)c2c1CN(C1CCC(=O)NC1=O)C2=O. The molecule has 6 nitrogen and oxygen atoms in total. The number of unbranched alkanes of at least 4 members (excludes halogenated alkanes) is 2. The van der Waals surface area contributed by atoms with Crippen LogP contribution in [-0.2, 0) is 20.9 Å². The van der Waals surface area contributed by atoms with Crippen molar-refractivity contribution in [3.8, 4) is 11.8 Å². The number of nitrogens with one attached hydrogen (secondary N) is 1. The smallest absolute Gasteiger partial charge is 0.258 e. The van der Waals surface area contributed by atoms with Crippen LogP contribution in [0.5, 0.6) is 0 Å². The number of benzene rings is 1. The largest absolute Gasteiger partial charge is 0.322 e. The van der Waals surface area contributed by atoms with E-state index >= 15 is 0 Å². The molecule has 0 saturated carbocycles. The summed E-state index contributed by atoms with van der Waals surface area (Å²) in [5, 5.41) is 2.21. The van der Waals surface area contributed by atoms with Crippen LogP contribution in [0.15, 0.2) is 12.1 Å². The Balaban J connectivity index is 1.85. The van der Waals surface area contributed by atoms with Crippen molar-refractivity contribution in [3.63, 3.8) is 0 Å². The lowest BCUT2D eigenvalue weighted by Gasteiger charge is -2.29. The van der Waals surface area contributed by atoms with Gasteiger partial charge in [0, 0.05) is 36.9 Å². The first-order chi connectivity index (χ1) is 12.5. The Kier molecular flexibility index (Phi) is 5.12. The third kappa shape index (κ3) is 3.36. The minimum absolute atomic E-state index is 0.0607. The van der Waals surface area contributed by atoms with Gasteiger partial charge in [0.15, 0.2) is 0 Å². The van der Waals surface area contributed by atoms with Gasteiger partial charge in [0.25, 0.3) is 5.91 Å². The summed E-state index contributed by atoms with van der Waals surface area (Å²) in [6.45, 7) is 0.0799. The summed E-state index contributed by atoms with van der Waals surface area (Å²) in [6.07, 6.45) is 2.78. The van der Waals surface area contributed by atoms with Crippen LogP contribution < -0.4 is 5.32 Å². The van der Waals surface area contributed by atoms with Crippen LogP contribution in [0.1, 0.15) is 53.6 Å². The van der Waals surface area contributed by atoms with Crippen molar-refractivity contribution in [1.29, 1.82) is 0 Å². The van der Waals surface area contributed by atoms with E-state index in [0.29, 0.717) is 30.4 Å². The van der Waals surface area contributed by atoms with Gasteiger partial charge in [0.05, 0.1) is 5.56 Å². The first kappa shape index (κ1) is 17.8. The summed E-state index contributed by atoms with van der Waals surface area (Å²) in [5.41, 5.74) is 0.938. The molecule has 1 saturated heterocycles. The number of fused-ring (bicyclic) bond motifs is 1. The average molecular weight is 356 g/mol. The summed E-state index contributed by atoms with van der Waals surface area (Å²) in [7, 11) is 0. The normalized spacial score (nSPS) is 18.9. The van der Waals surface area contributed by atoms with Crippen molar-refractivity contribution in [3.05, 3.63) is 34.6 Å². The number of nitrogens with zero attached hydrogens (tertiary/aromatic N) is 1. The van der Waals surface area contributed by atoms with Crippen molar-refractivity contribution in [1.82, 2.24) is 10.2 Å². The predicted octanol–water partition coefficient (Wildman–Crippen LogP) is 1.31. The fourth-order valence-corrected chi connectivity index (χ4v) is 3.18. The molecule has 1 unspecified atom stereocenters. The molecular formula is C19H17FN2O4. The molecular weight excluding hydrogens is 339 g/mol. The van der Waals surface area contributed by atoms with Crippen molar-refractivity contribution in [2.24, 2.45) is 0 Å². The van der Waals surface area contributed by atoms with Gasteiger partial charge in [0.2, 0.25) is 11.8 Å². The number of carbonyl (C=O) groups excluding carboxylic acids is 4. The zero-order valence-corrected chi connectivity index (χ0v) is 14.0. The molecule has 1 N–H and O–H groups in total. The van der Waals surface area contributed by atoms with Crippen molar-refractivity contribution >= 4 is 24.0 Å². The molecule has 1 aromatic carbocycles. The average Bonchev–Trinajstić information content (AvgIpc) is 2.95. The Morgan fingerprint density at radius 2 is 2.12 bits per heavy atom. The van der Waals surface area contributed by atoms with E-state index in [0.717, 1.165) is 6.29 Å². The number of imide groups is 1. The van der Waals surface area contributed by atoms with Crippen LogP contribution in [0.25, 0.3) is 0 Å². The second-order valence-electron chi connectivity index (χ2n) is 6.21. The molecule has 0 aliphatic carbocycles. The molecule has 0 radical (unpaired) electrons. The molecule has 1 fully saturated rings. The van der Waals surface area contributed by atoms with E-state index in [1.807, 2.05) is 0 Å². The minimum atomic E-state index is -0.791. The Morgan fingerprint density at radius 1 is 1.31 bits per heavy atom. The number of amides is 3. The molecule has 0 bridgehead atoms. The summed E-state index contributed by atoms with van der Waals surface area (Å²) in [5.74, 6) is 3.74. The summed E-state index contributed by atoms with van der Waals surface area (Å²) in [6, 6.07) is 1.92. The molecule has 3 rings (SSSR count). The van der Waals surface area contributed by atoms with E-state index in [1.54, 1.807) is 0 Å². The van der Waals surface area contributed by atoms with Crippen molar-refractivity contribution in [2.45, 2.75) is 44.7 Å². The molecule has 0 aromatic heterocycles. The predicted molar refractivity (Wildman–Crippen MR) is 89.2 cm³/mol. The Bertz CT molecular complexity index is 853. The topological polar surface area (TPSA) is 83.6 Å². The van der Waals surface area contributed by atoms with E-state index in [1.165, 1.54) is 17.0 Å². The lowest BCUT2D eigenvalue weighted by Crippen LogP contribution is -2.52. The lowest BCUT2D eigenvalue weighted by atomic mass is 10.0. The van der Waals surface area contributed by atoms with Crippen LogP contribution in [0.4, 0.5) is 4.39 Å². The van der Waals surface area contributed by atoms with Gasteiger partial charge in [-0.3, -0.25) is 19.7 Å². The third-order valence-corrected chi connectivity index (χ3v) is 4.50. The Labute approximate surface area is 149 Å². The monoisotopic (exact) mass is 356 g/mol. The highest BCUT2D eigenvalue weighted by Crippen LogP contribution is 2.31. The van der Waals surface area contributed by atoms with Crippen LogP contribution in [0.2, 0.25) is 0 Å². The molecule has 1 aromatic rings. The molecule has 26 heavy (non-hydrogen) atoms. The number of carbonyl (C=O) groups is 4. The quantitative estimate of drug-likeness (QED) is 0.382. The highest BCUT2D eigenvalue weighted by atomic mass is 19.1.